The quantitative estimate of drug-likeness (QED) is 0.406. The number of nitrogens with one attached hydrogen (secondary N) is 2. The van der Waals surface area contributed by atoms with Gasteiger partial charge in [-0.15, -0.1) is 0 Å². The summed E-state index contributed by atoms with van der Waals surface area (Å²) >= 11 is 0. The Morgan fingerprint density at radius 2 is 1.84 bits per heavy atom. The van der Waals surface area contributed by atoms with Gasteiger partial charge in [-0.2, -0.15) is 4.98 Å². The van der Waals surface area contributed by atoms with Crippen molar-refractivity contribution in [3.8, 4) is 5.75 Å². The van der Waals surface area contributed by atoms with Crippen LogP contribution in [0.25, 0.3) is 0 Å². The first-order valence-electron chi connectivity index (χ1n) is 12.4. The molecule has 2 heterocycles. The molecule has 196 valence electrons. The maximum Gasteiger partial charge on any atom is 0.251 e. The van der Waals surface area contributed by atoms with Crippen molar-refractivity contribution in [3.05, 3.63) is 71.7 Å². The van der Waals surface area contributed by atoms with Crippen molar-refractivity contribution < 1.29 is 18.7 Å². The molecule has 1 atom stereocenters. The van der Waals surface area contributed by atoms with E-state index >= 15 is 0 Å². The molecule has 1 aliphatic rings. The summed E-state index contributed by atoms with van der Waals surface area (Å²) in [5.41, 5.74) is 2.56. The van der Waals surface area contributed by atoms with E-state index in [0.717, 1.165) is 17.6 Å². The van der Waals surface area contributed by atoms with Gasteiger partial charge in [-0.05, 0) is 53.8 Å². The van der Waals surface area contributed by atoms with Crippen LogP contribution in [0.5, 0.6) is 5.75 Å². The summed E-state index contributed by atoms with van der Waals surface area (Å²) in [6.07, 6.45) is 1.86. The highest BCUT2D eigenvalue weighted by atomic mass is 19.1. The number of methoxy groups -OCH3 is 1. The molecule has 0 saturated carbocycles. The van der Waals surface area contributed by atoms with Gasteiger partial charge in [-0.1, -0.05) is 32.9 Å². The van der Waals surface area contributed by atoms with Gasteiger partial charge in [0.25, 0.3) is 5.91 Å². The highest BCUT2D eigenvalue weighted by Crippen LogP contribution is 2.25. The third kappa shape index (κ3) is 6.95. The standard InChI is InChI=1S/C28H34FN5O3/c1-28(2,3)20-7-5-19(6-8-20)26(35)31-22-13-14-34(18-22)25-24(29)17-30-27(33-25)32-21-9-11-23(12-10-21)37-16-15-36-4/h5-12,17,22H,13-16,18H2,1-4H3,(H,31,35)(H,30,32,33). The molecule has 0 aliphatic carbocycles. The minimum absolute atomic E-state index is 0.0260. The van der Waals surface area contributed by atoms with E-state index in [-0.39, 0.29) is 29.1 Å². The van der Waals surface area contributed by atoms with E-state index in [1.165, 1.54) is 5.56 Å². The molecule has 9 heteroatoms. The van der Waals surface area contributed by atoms with Gasteiger partial charge in [0.1, 0.15) is 12.4 Å². The molecular weight excluding hydrogens is 473 g/mol. The molecular formula is C28H34FN5O3. The van der Waals surface area contributed by atoms with Crippen LogP contribution in [-0.4, -0.2) is 55.3 Å². The van der Waals surface area contributed by atoms with Crippen LogP contribution in [0.2, 0.25) is 0 Å². The van der Waals surface area contributed by atoms with Gasteiger partial charge in [0, 0.05) is 37.5 Å². The SMILES string of the molecule is COCCOc1ccc(Nc2ncc(F)c(N3CCC(NC(=O)c4ccc(C(C)(C)C)cc4)C3)n2)cc1. The summed E-state index contributed by atoms with van der Waals surface area (Å²) in [4.78, 5) is 23.1. The highest BCUT2D eigenvalue weighted by molar-refractivity contribution is 5.94. The molecule has 1 unspecified atom stereocenters. The van der Waals surface area contributed by atoms with Gasteiger partial charge >= 0.3 is 0 Å². The maximum atomic E-state index is 14.6. The van der Waals surface area contributed by atoms with Crippen LogP contribution in [0, 0.1) is 5.82 Å². The summed E-state index contributed by atoms with van der Waals surface area (Å²) in [7, 11) is 1.62. The summed E-state index contributed by atoms with van der Waals surface area (Å²) in [6, 6.07) is 14.9. The van der Waals surface area contributed by atoms with Gasteiger partial charge in [0.2, 0.25) is 5.95 Å². The van der Waals surface area contributed by atoms with E-state index < -0.39 is 5.82 Å². The average molecular weight is 508 g/mol. The predicted octanol–water partition coefficient (Wildman–Crippen LogP) is 4.69. The van der Waals surface area contributed by atoms with Crippen LogP contribution >= 0.6 is 0 Å². The molecule has 1 aromatic heterocycles. The zero-order valence-electron chi connectivity index (χ0n) is 21.8. The number of carbonyl (C=O) groups is 1. The molecule has 1 fully saturated rings. The number of ether oxygens (including phenoxy) is 2. The van der Waals surface area contributed by atoms with E-state index in [9.17, 15) is 9.18 Å². The fraction of sp³-hybridized carbons (Fsp3) is 0.393. The lowest BCUT2D eigenvalue weighted by molar-refractivity contribution is 0.0940. The van der Waals surface area contributed by atoms with Crippen molar-refractivity contribution in [3.63, 3.8) is 0 Å². The Kier molecular flexibility index (Phi) is 8.23. The van der Waals surface area contributed by atoms with Gasteiger partial charge in [-0.25, -0.2) is 9.37 Å². The lowest BCUT2D eigenvalue weighted by Gasteiger charge is -2.20. The van der Waals surface area contributed by atoms with Crippen LogP contribution < -0.4 is 20.3 Å². The Labute approximate surface area is 217 Å². The average Bonchev–Trinajstić information content (AvgIpc) is 3.34. The van der Waals surface area contributed by atoms with Crippen molar-refractivity contribution in [2.75, 3.05) is 43.6 Å². The van der Waals surface area contributed by atoms with Crippen LogP contribution in [0.15, 0.2) is 54.7 Å². The first kappa shape index (κ1) is 26.3. The van der Waals surface area contributed by atoms with Gasteiger partial charge in [0.05, 0.1) is 12.8 Å². The van der Waals surface area contributed by atoms with Crippen molar-refractivity contribution >= 4 is 23.4 Å². The third-order valence-corrected chi connectivity index (χ3v) is 6.23. The number of hydrogen-bond donors (Lipinski definition) is 2. The Morgan fingerprint density at radius 3 is 2.51 bits per heavy atom. The Bertz CT molecular complexity index is 1200. The van der Waals surface area contributed by atoms with E-state index in [0.29, 0.717) is 38.3 Å². The number of carbonyl (C=O) groups excluding carboxylic acids is 1. The van der Waals surface area contributed by atoms with E-state index in [1.807, 2.05) is 53.4 Å². The molecule has 0 bridgehead atoms. The van der Waals surface area contributed by atoms with Crippen LogP contribution in [-0.2, 0) is 10.2 Å². The first-order chi connectivity index (χ1) is 17.7. The summed E-state index contributed by atoms with van der Waals surface area (Å²) in [6.45, 7) is 8.43. The van der Waals surface area contributed by atoms with Crippen molar-refractivity contribution in [2.24, 2.45) is 0 Å². The molecule has 2 aromatic carbocycles. The molecule has 8 nitrogen and oxygen atoms in total. The van der Waals surface area contributed by atoms with E-state index in [4.69, 9.17) is 9.47 Å². The minimum Gasteiger partial charge on any atom is -0.491 e. The largest absolute Gasteiger partial charge is 0.491 e. The Balaban J connectivity index is 1.35. The fourth-order valence-corrected chi connectivity index (χ4v) is 4.11. The van der Waals surface area contributed by atoms with Gasteiger partial charge < -0.3 is 25.0 Å². The summed E-state index contributed by atoms with van der Waals surface area (Å²) < 4.78 is 25.2. The maximum absolute atomic E-state index is 14.6. The van der Waals surface area contributed by atoms with Crippen LogP contribution in [0.1, 0.15) is 43.1 Å². The molecule has 1 saturated heterocycles. The van der Waals surface area contributed by atoms with Gasteiger partial charge in [-0.3, -0.25) is 4.79 Å². The second kappa shape index (κ2) is 11.6. The minimum atomic E-state index is -0.503. The summed E-state index contributed by atoms with van der Waals surface area (Å²) in [5, 5.41) is 6.17. The second-order valence-corrected chi connectivity index (χ2v) is 10.1. The first-order valence-corrected chi connectivity index (χ1v) is 12.4. The topological polar surface area (TPSA) is 88.6 Å². The highest BCUT2D eigenvalue weighted by Gasteiger charge is 2.27. The predicted molar refractivity (Wildman–Crippen MR) is 142 cm³/mol. The molecule has 4 rings (SSSR count). The van der Waals surface area contributed by atoms with Crippen molar-refractivity contribution in [1.82, 2.24) is 15.3 Å². The number of aromatic nitrogens is 2. The number of anilines is 3. The number of rotatable bonds is 9. The fourth-order valence-electron chi connectivity index (χ4n) is 4.11. The molecule has 0 radical (unpaired) electrons. The molecule has 37 heavy (non-hydrogen) atoms. The smallest absolute Gasteiger partial charge is 0.251 e. The number of hydrogen-bond acceptors (Lipinski definition) is 7. The Hall–Kier alpha value is -3.72. The normalized spacial score (nSPS) is 15.5. The van der Waals surface area contributed by atoms with Crippen molar-refractivity contribution in [2.45, 2.75) is 38.6 Å². The monoisotopic (exact) mass is 507 g/mol. The molecule has 3 aromatic rings. The molecule has 1 amide bonds. The van der Waals surface area contributed by atoms with Crippen molar-refractivity contribution in [1.29, 1.82) is 0 Å². The third-order valence-electron chi connectivity index (χ3n) is 6.23. The van der Waals surface area contributed by atoms with E-state index in [1.54, 1.807) is 7.11 Å². The lowest BCUT2D eigenvalue weighted by atomic mass is 9.86. The zero-order valence-corrected chi connectivity index (χ0v) is 21.8. The number of nitrogens with zero attached hydrogens (tertiary/aromatic N) is 3. The molecule has 1 aliphatic heterocycles. The van der Waals surface area contributed by atoms with Gasteiger partial charge in [0.15, 0.2) is 11.6 Å². The van der Waals surface area contributed by atoms with E-state index in [2.05, 4.69) is 41.4 Å². The second-order valence-electron chi connectivity index (χ2n) is 10.1. The lowest BCUT2D eigenvalue weighted by Crippen LogP contribution is -2.37. The molecule has 2 N–H and O–H groups in total. The molecule has 0 spiro atoms. The summed E-state index contributed by atoms with van der Waals surface area (Å²) in [5.74, 6) is 0.586. The zero-order chi connectivity index (χ0) is 26.4. The van der Waals surface area contributed by atoms with Crippen LogP contribution in [0.3, 0.4) is 0 Å². The number of halogens is 1. The number of amides is 1. The number of benzene rings is 2. The Morgan fingerprint density at radius 1 is 1.11 bits per heavy atom. The van der Waals surface area contributed by atoms with Crippen LogP contribution in [0.4, 0.5) is 21.8 Å².